The summed E-state index contributed by atoms with van der Waals surface area (Å²) in [6, 6.07) is 6.11. The lowest BCUT2D eigenvalue weighted by atomic mass is 9.99. The van der Waals surface area contributed by atoms with Crippen molar-refractivity contribution in [1.82, 2.24) is 0 Å². The predicted molar refractivity (Wildman–Crippen MR) is 65.4 cm³/mol. The van der Waals surface area contributed by atoms with Gasteiger partial charge in [-0.25, -0.2) is 0 Å². The minimum Gasteiger partial charge on any atom is -0.469 e. The molecule has 0 spiro atoms. The molecule has 0 radical (unpaired) electrons. The zero-order chi connectivity index (χ0) is 12.0. The van der Waals surface area contributed by atoms with Gasteiger partial charge in [0.2, 0.25) is 0 Å². The standard InChI is InChI=1S/C14H18O2/c1-4-5-6-13-9-12(8-7-11(13)2)10-14(15)16-3/h4,7-9H,1,5-6,10H2,2-3H3. The van der Waals surface area contributed by atoms with Gasteiger partial charge in [-0.2, -0.15) is 0 Å². The van der Waals surface area contributed by atoms with Gasteiger partial charge in [-0.15, -0.1) is 6.58 Å². The molecule has 0 bridgehead atoms. The summed E-state index contributed by atoms with van der Waals surface area (Å²) in [5.74, 6) is -0.196. The van der Waals surface area contributed by atoms with Crippen LogP contribution in [0.4, 0.5) is 0 Å². The van der Waals surface area contributed by atoms with Crippen molar-refractivity contribution in [2.75, 3.05) is 7.11 Å². The Morgan fingerprint density at radius 2 is 2.25 bits per heavy atom. The number of hydrogen-bond donors (Lipinski definition) is 0. The van der Waals surface area contributed by atoms with Gasteiger partial charge in [0.25, 0.3) is 0 Å². The van der Waals surface area contributed by atoms with Crippen LogP contribution in [0.5, 0.6) is 0 Å². The molecule has 2 heteroatoms. The van der Waals surface area contributed by atoms with Gasteiger partial charge < -0.3 is 4.74 Å². The van der Waals surface area contributed by atoms with Gasteiger partial charge in [-0.05, 0) is 36.5 Å². The number of esters is 1. The van der Waals surface area contributed by atoms with Crippen LogP contribution in [0.25, 0.3) is 0 Å². The van der Waals surface area contributed by atoms with Gasteiger partial charge in [0.1, 0.15) is 0 Å². The number of allylic oxidation sites excluding steroid dienone is 1. The van der Waals surface area contributed by atoms with Crippen molar-refractivity contribution in [3.8, 4) is 0 Å². The van der Waals surface area contributed by atoms with E-state index in [9.17, 15) is 4.79 Å². The summed E-state index contributed by atoms with van der Waals surface area (Å²) in [4.78, 5) is 11.2. The second-order valence-corrected chi connectivity index (χ2v) is 3.84. The molecule has 0 fully saturated rings. The van der Waals surface area contributed by atoms with Crippen LogP contribution in [0.3, 0.4) is 0 Å². The third-order valence-corrected chi connectivity index (χ3v) is 2.61. The van der Waals surface area contributed by atoms with Crippen LogP contribution in [0.1, 0.15) is 23.1 Å². The molecule has 1 aromatic carbocycles. The first kappa shape index (κ1) is 12.5. The Bertz CT molecular complexity index is 380. The molecule has 0 N–H and O–H groups in total. The van der Waals surface area contributed by atoms with Crippen LogP contribution < -0.4 is 0 Å². The average molecular weight is 218 g/mol. The third-order valence-electron chi connectivity index (χ3n) is 2.61. The summed E-state index contributed by atoms with van der Waals surface area (Å²) in [7, 11) is 1.41. The average Bonchev–Trinajstić information content (AvgIpc) is 2.29. The smallest absolute Gasteiger partial charge is 0.309 e. The summed E-state index contributed by atoms with van der Waals surface area (Å²) < 4.78 is 4.65. The minimum absolute atomic E-state index is 0.196. The fraction of sp³-hybridized carbons (Fsp3) is 0.357. The molecular weight excluding hydrogens is 200 g/mol. The van der Waals surface area contributed by atoms with E-state index in [-0.39, 0.29) is 5.97 Å². The monoisotopic (exact) mass is 218 g/mol. The maximum atomic E-state index is 11.2. The first-order valence-electron chi connectivity index (χ1n) is 5.43. The molecule has 86 valence electrons. The van der Waals surface area contributed by atoms with Crippen molar-refractivity contribution in [2.45, 2.75) is 26.2 Å². The van der Waals surface area contributed by atoms with E-state index in [1.54, 1.807) is 0 Å². The zero-order valence-corrected chi connectivity index (χ0v) is 9.95. The maximum absolute atomic E-state index is 11.2. The zero-order valence-electron chi connectivity index (χ0n) is 9.95. The number of rotatable bonds is 5. The van der Waals surface area contributed by atoms with Crippen molar-refractivity contribution in [3.05, 3.63) is 47.5 Å². The van der Waals surface area contributed by atoms with Crippen molar-refractivity contribution in [2.24, 2.45) is 0 Å². The Balaban J connectivity index is 2.80. The minimum atomic E-state index is -0.196. The number of carbonyl (C=O) groups is 1. The molecule has 16 heavy (non-hydrogen) atoms. The van der Waals surface area contributed by atoms with E-state index in [2.05, 4.69) is 30.4 Å². The summed E-state index contributed by atoms with van der Waals surface area (Å²) in [5, 5.41) is 0. The first-order chi connectivity index (χ1) is 7.67. The van der Waals surface area contributed by atoms with Gasteiger partial charge in [-0.3, -0.25) is 4.79 Å². The highest BCUT2D eigenvalue weighted by molar-refractivity contribution is 5.72. The molecule has 0 aromatic heterocycles. The lowest BCUT2D eigenvalue weighted by Crippen LogP contribution is -2.05. The van der Waals surface area contributed by atoms with E-state index in [0.717, 1.165) is 18.4 Å². The molecule has 2 nitrogen and oxygen atoms in total. The third kappa shape index (κ3) is 3.54. The van der Waals surface area contributed by atoms with E-state index in [0.29, 0.717) is 6.42 Å². The molecule has 1 aromatic rings. The number of carbonyl (C=O) groups excluding carboxylic acids is 1. The number of ether oxygens (including phenoxy) is 1. The normalized spacial score (nSPS) is 9.88. The first-order valence-corrected chi connectivity index (χ1v) is 5.43. The summed E-state index contributed by atoms with van der Waals surface area (Å²) in [6.45, 7) is 5.80. The van der Waals surface area contributed by atoms with Crippen LogP contribution >= 0.6 is 0 Å². The number of methoxy groups -OCH3 is 1. The van der Waals surface area contributed by atoms with Gasteiger partial charge in [0.05, 0.1) is 13.5 Å². The second kappa shape index (κ2) is 6.11. The van der Waals surface area contributed by atoms with Crippen LogP contribution in [0.2, 0.25) is 0 Å². The Labute approximate surface area is 96.9 Å². The lowest BCUT2D eigenvalue weighted by molar-refractivity contribution is -0.139. The fourth-order valence-electron chi connectivity index (χ4n) is 1.60. The van der Waals surface area contributed by atoms with E-state index < -0.39 is 0 Å². The topological polar surface area (TPSA) is 26.3 Å². The Hall–Kier alpha value is -1.57. The predicted octanol–water partition coefficient (Wildman–Crippen LogP) is 2.83. The lowest BCUT2D eigenvalue weighted by Gasteiger charge is -2.07. The van der Waals surface area contributed by atoms with E-state index >= 15 is 0 Å². The van der Waals surface area contributed by atoms with E-state index in [4.69, 9.17) is 0 Å². The van der Waals surface area contributed by atoms with E-state index in [1.165, 1.54) is 18.2 Å². The molecule has 1 rings (SSSR count). The highest BCUT2D eigenvalue weighted by Gasteiger charge is 2.05. The van der Waals surface area contributed by atoms with Crippen LogP contribution in [0, 0.1) is 6.92 Å². The largest absolute Gasteiger partial charge is 0.469 e. The molecular formula is C14H18O2. The molecule has 0 aliphatic rings. The van der Waals surface area contributed by atoms with Crippen LogP contribution in [0.15, 0.2) is 30.9 Å². The summed E-state index contributed by atoms with van der Waals surface area (Å²) in [5.41, 5.74) is 3.55. The SMILES string of the molecule is C=CCCc1cc(CC(=O)OC)ccc1C. The molecule has 0 atom stereocenters. The maximum Gasteiger partial charge on any atom is 0.309 e. The van der Waals surface area contributed by atoms with E-state index in [1.807, 2.05) is 12.1 Å². The quantitative estimate of drug-likeness (QED) is 0.561. The van der Waals surface area contributed by atoms with Crippen molar-refractivity contribution >= 4 is 5.97 Å². The van der Waals surface area contributed by atoms with Crippen molar-refractivity contribution in [1.29, 1.82) is 0 Å². The number of benzene rings is 1. The second-order valence-electron chi connectivity index (χ2n) is 3.84. The summed E-state index contributed by atoms with van der Waals surface area (Å²) in [6.07, 6.45) is 4.19. The highest BCUT2D eigenvalue weighted by atomic mass is 16.5. The van der Waals surface area contributed by atoms with Gasteiger partial charge in [0, 0.05) is 0 Å². The Morgan fingerprint density at radius 1 is 1.50 bits per heavy atom. The van der Waals surface area contributed by atoms with Gasteiger partial charge in [0.15, 0.2) is 0 Å². The van der Waals surface area contributed by atoms with Crippen molar-refractivity contribution < 1.29 is 9.53 Å². The molecule has 0 saturated carbocycles. The number of aryl methyl sites for hydroxylation is 2. The summed E-state index contributed by atoms with van der Waals surface area (Å²) >= 11 is 0. The molecule has 0 amide bonds. The molecule has 0 unspecified atom stereocenters. The molecule has 0 aliphatic carbocycles. The fourth-order valence-corrected chi connectivity index (χ4v) is 1.60. The molecule has 0 heterocycles. The Kier molecular flexibility index (Phi) is 4.77. The highest BCUT2D eigenvalue weighted by Crippen LogP contribution is 2.14. The molecule has 0 saturated heterocycles. The number of hydrogen-bond acceptors (Lipinski definition) is 2. The van der Waals surface area contributed by atoms with Crippen LogP contribution in [-0.4, -0.2) is 13.1 Å². The van der Waals surface area contributed by atoms with Crippen LogP contribution in [-0.2, 0) is 22.4 Å². The van der Waals surface area contributed by atoms with Crippen molar-refractivity contribution in [3.63, 3.8) is 0 Å². The van der Waals surface area contributed by atoms with Gasteiger partial charge >= 0.3 is 5.97 Å². The van der Waals surface area contributed by atoms with Gasteiger partial charge in [-0.1, -0.05) is 24.3 Å². The Morgan fingerprint density at radius 3 is 2.88 bits per heavy atom. The molecule has 0 aliphatic heterocycles.